The molecule has 0 saturated carbocycles. The predicted molar refractivity (Wildman–Crippen MR) is 94.5 cm³/mol. The second-order valence-corrected chi connectivity index (χ2v) is 6.60. The van der Waals surface area contributed by atoms with Crippen molar-refractivity contribution in [3.63, 3.8) is 0 Å². The maximum Gasteiger partial charge on any atom is 0.573 e. The summed E-state index contributed by atoms with van der Waals surface area (Å²) in [5, 5.41) is -0.143. The predicted octanol–water partition coefficient (Wildman–Crippen LogP) is 5.05. The largest absolute Gasteiger partial charge is 0.573 e. The maximum atomic E-state index is 12.7. The van der Waals surface area contributed by atoms with Gasteiger partial charge in [-0.2, -0.15) is 0 Å². The smallest absolute Gasteiger partial charge is 0.460 e. The highest BCUT2D eigenvalue weighted by atomic mass is 35.5. The van der Waals surface area contributed by atoms with E-state index < -0.39 is 18.4 Å². The molecule has 0 aliphatic carbocycles. The van der Waals surface area contributed by atoms with Crippen LogP contribution in [-0.4, -0.2) is 22.3 Å². The van der Waals surface area contributed by atoms with Crippen molar-refractivity contribution in [1.29, 1.82) is 0 Å². The number of benzene rings is 1. The van der Waals surface area contributed by atoms with Gasteiger partial charge in [0.1, 0.15) is 34.6 Å². The first kappa shape index (κ1) is 19.3. The Hall–Kier alpha value is -3.07. The number of carbonyl (C=O) groups is 1. The van der Waals surface area contributed by atoms with E-state index >= 15 is 0 Å². The molecule has 10 heteroatoms. The van der Waals surface area contributed by atoms with Crippen molar-refractivity contribution < 1.29 is 31.9 Å². The highest BCUT2D eigenvalue weighted by Crippen LogP contribution is 2.39. The molecule has 1 unspecified atom stereocenters. The van der Waals surface area contributed by atoms with Crippen LogP contribution in [0.5, 0.6) is 5.75 Å². The minimum atomic E-state index is -4.85. The van der Waals surface area contributed by atoms with Crippen LogP contribution in [0.15, 0.2) is 40.8 Å². The summed E-state index contributed by atoms with van der Waals surface area (Å²) in [7, 11) is 0. The van der Waals surface area contributed by atoms with Gasteiger partial charge in [0.05, 0.1) is 0 Å². The van der Waals surface area contributed by atoms with Crippen molar-refractivity contribution in [3.05, 3.63) is 64.3 Å². The van der Waals surface area contributed by atoms with Crippen molar-refractivity contribution in [2.45, 2.75) is 25.8 Å². The minimum absolute atomic E-state index is 0.0722. The fourth-order valence-electron chi connectivity index (χ4n) is 3.10. The van der Waals surface area contributed by atoms with Crippen LogP contribution in [0.1, 0.15) is 33.5 Å². The number of cyclic esters (lactones) is 1. The number of halogens is 4. The van der Waals surface area contributed by atoms with Gasteiger partial charge < -0.3 is 13.9 Å². The average Bonchev–Trinajstić information content (AvgIpc) is 3.19. The van der Waals surface area contributed by atoms with E-state index in [-0.39, 0.29) is 40.0 Å². The number of hydrogen-bond donors (Lipinski definition) is 0. The molecular weight excluding hydrogens is 413 g/mol. The monoisotopic (exact) mass is 424 g/mol. The lowest BCUT2D eigenvalue weighted by Crippen LogP contribution is -2.18. The van der Waals surface area contributed by atoms with Crippen LogP contribution in [0.3, 0.4) is 0 Å². The number of para-hydroxylation sites is 1. The molecule has 6 nitrogen and oxygen atoms in total. The average molecular weight is 425 g/mol. The quantitative estimate of drug-likeness (QED) is 0.431. The Morgan fingerprint density at radius 1 is 1.17 bits per heavy atom. The molecule has 3 heterocycles. The summed E-state index contributed by atoms with van der Waals surface area (Å²) in [5.41, 5.74) is 0.616. The standard InChI is InChI=1S/C19H12ClF3N2O4/c1-9-6-7-12(27-9)15-14-16(25-18(20)24-15)13(28-17(14)26)8-10-4-2-3-5-11(10)29-19(21,22)23/h2-7,13H,8H2,1H3. The summed E-state index contributed by atoms with van der Waals surface area (Å²) in [4.78, 5) is 20.6. The van der Waals surface area contributed by atoms with Crippen molar-refractivity contribution in [2.24, 2.45) is 0 Å². The molecule has 150 valence electrons. The third-order valence-corrected chi connectivity index (χ3v) is 4.41. The SMILES string of the molecule is Cc1ccc(-c2nc(Cl)nc3c2C(=O)OC3Cc2ccccc2OC(F)(F)F)o1. The van der Waals surface area contributed by atoms with E-state index in [9.17, 15) is 18.0 Å². The molecular formula is C19H12ClF3N2O4. The summed E-state index contributed by atoms with van der Waals surface area (Å²) in [5.74, 6) is -0.183. The van der Waals surface area contributed by atoms with Crippen LogP contribution in [0.4, 0.5) is 13.2 Å². The fourth-order valence-corrected chi connectivity index (χ4v) is 3.28. The lowest BCUT2D eigenvalue weighted by molar-refractivity contribution is -0.275. The summed E-state index contributed by atoms with van der Waals surface area (Å²) >= 11 is 6.02. The lowest BCUT2D eigenvalue weighted by Gasteiger charge is -2.15. The van der Waals surface area contributed by atoms with Crippen LogP contribution < -0.4 is 4.74 Å². The molecule has 29 heavy (non-hydrogen) atoms. The van der Waals surface area contributed by atoms with Crippen molar-refractivity contribution in [3.8, 4) is 17.2 Å². The van der Waals surface area contributed by atoms with E-state index in [0.717, 1.165) is 0 Å². The zero-order valence-corrected chi connectivity index (χ0v) is 15.5. The molecule has 2 aromatic heterocycles. The molecule has 0 fully saturated rings. The molecule has 3 aromatic rings. The minimum Gasteiger partial charge on any atom is -0.460 e. The van der Waals surface area contributed by atoms with E-state index in [0.29, 0.717) is 11.5 Å². The Kier molecular flexibility index (Phi) is 4.70. The Balaban J connectivity index is 1.73. The molecule has 0 saturated heterocycles. The molecule has 1 aromatic carbocycles. The van der Waals surface area contributed by atoms with Gasteiger partial charge in [-0.3, -0.25) is 0 Å². The number of esters is 1. The second-order valence-electron chi connectivity index (χ2n) is 6.27. The number of aryl methyl sites for hydroxylation is 1. The lowest BCUT2D eigenvalue weighted by atomic mass is 10.0. The van der Waals surface area contributed by atoms with Gasteiger partial charge in [0, 0.05) is 6.42 Å². The summed E-state index contributed by atoms with van der Waals surface area (Å²) in [6, 6.07) is 8.93. The summed E-state index contributed by atoms with van der Waals surface area (Å²) < 4.78 is 53.0. The topological polar surface area (TPSA) is 74.5 Å². The molecule has 0 radical (unpaired) electrons. The van der Waals surface area contributed by atoms with Crippen molar-refractivity contribution >= 4 is 17.6 Å². The van der Waals surface area contributed by atoms with Crippen molar-refractivity contribution in [1.82, 2.24) is 9.97 Å². The molecule has 1 aliphatic heterocycles. The fraction of sp³-hybridized carbons (Fsp3) is 0.211. The second kappa shape index (κ2) is 7.07. The van der Waals surface area contributed by atoms with Gasteiger partial charge in [-0.1, -0.05) is 18.2 Å². The molecule has 0 spiro atoms. The van der Waals surface area contributed by atoms with Crippen LogP contribution in [0, 0.1) is 6.92 Å². The first-order valence-corrected chi connectivity index (χ1v) is 8.78. The Morgan fingerprint density at radius 3 is 2.62 bits per heavy atom. The Labute approximate surface area is 167 Å². The third kappa shape index (κ3) is 3.91. The zero-order chi connectivity index (χ0) is 20.8. The van der Waals surface area contributed by atoms with Gasteiger partial charge in [0.2, 0.25) is 5.28 Å². The summed E-state index contributed by atoms with van der Waals surface area (Å²) in [6.45, 7) is 1.73. The van der Waals surface area contributed by atoms with Crippen LogP contribution >= 0.6 is 11.6 Å². The number of fused-ring (bicyclic) bond motifs is 1. The molecule has 1 aliphatic rings. The first-order chi connectivity index (χ1) is 13.7. The number of rotatable bonds is 4. The maximum absolute atomic E-state index is 12.7. The Morgan fingerprint density at radius 2 is 1.93 bits per heavy atom. The van der Waals surface area contributed by atoms with Gasteiger partial charge >= 0.3 is 12.3 Å². The molecule has 4 rings (SSSR count). The van der Waals surface area contributed by atoms with Crippen LogP contribution in [-0.2, 0) is 11.2 Å². The van der Waals surface area contributed by atoms with E-state index in [1.807, 2.05) is 0 Å². The van der Waals surface area contributed by atoms with E-state index in [1.165, 1.54) is 18.2 Å². The first-order valence-electron chi connectivity index (χ1n) is 8.40. The molecule has 0 N–H and O–H groups in total. The Bertz CT molecular complexity index is 1100. The van der Waals surface area contributed by atoms with Gasteiger partial charge in [0.15, 0.2) is 5.76 Å². The highest BCUT2D eigenvalue weighted by molar-refractivity contribution is 6.28. The molecule has 0 amide bonds. The highest BCUT2D eigenvalue weighted by Gasteiger charge is 2.39. The summed E-state index contributed by atoms with van der Waals surface area (Å²) in [6.07, 6.45) is -5.89. The number of alkyl halides is 3. The van der Waals surface area contributed by atoms with Crippen LogP contribution in [0.25, 0.3) is 11.5 Å². The zero-order valence-electron chi connectivity index (χ0n) is 14.8. The molecule has 0 bridgehead atoms. The van der Waals surface area contributed by atoms with Gasteiger partial charge in [0.25, 0.3) is 0 Å². The van der Waals surface area contributed by atoms with Crippen molar-refractivity contribution in [2.75, 3.05) is 0 Å². The third-order valence-electron chi connectivity index (χ3n) is 4.25. The number of nitrogens with zero attached hydrogens (tertiary/aromatic N) is 2. The van der Waals surface area contributed by atoms with E-state index in [1.54, 1.807) is 25.1 Å². The number of hydrogen-bond acceptors (Lipinski definition) is 6. The normalized spacial score (nSPS) is 15.9. The van der Waals surface area contributed by atoms with Crippen LogP contribution in [0.2, 0.25) is 5.28 Å². The molecule has 1 atom stereocenters. The van der Waals surface area contributed by atoms with E-state index in [4.69, 9.17) is 20.8 Å². The number of aromatic nitrogens is 2. The van der Waals surface area contributed by atoms with Gasteiger partial charge in [-0.05, 0) is 42.3 Å². The number of furan rings is 1. The van der Waals surface area contributed by atoms with E-state index in [2.05, 4.69) is 14.7 Å². The van der Waals surface area contributed by atoms with Gasteiger partial charge in [-0.25, -0.2) is 14.8 Å². The van der Waals surface area contributed by atoms with Gasteiger partial charge in [-0.15, -0.1) is 13.2 Å². The number of carbonyl (C=O) groups excluding carboxylic acids is 1. The number of ether oxygens (including phenoxy) is 2.